The second kappa shape index (κ2) is 6.13. The van der Waals surface area contributed by atoms with Gasteiger partial charge >= 0.3 is 5.97 Å². The smallest absolute Gasteiger partial charge is 0.319 e. The summed E-state index contributed by atoms with van der Waals surface area (Å²) in [4.78, 5) is 14.0. The number of methoxy groups -OCH3 is 1. The molecule has 2 saturated carbocycles. The number of likely N-dealkylation sites (tertiary alicyclic amines) is 1. The molecule has 5 heteroatoms. The molecular weight excluding hydrogens is 290 g/mol. The highest BCUT2D eigenvalue weighted by atomic mass is 16.5. The van der Waals surface area contributed by atoms with Gasteiger partial charge in [-0.15, -0.1) is 0 Å². The molecule has 5 nitrogen and oxygen atoms in total. The number of nitrogens with zero attached hydrogens (tertiary/aromatic N) is 3. The zero-order valence-electron chi connectivity index (χ0n) is 13.9. The molecule has 1 aliphatic heterocycles. The van der Waals surface area contributed by atoms with Crippen LogP contribution in [0.1, 0.15) is 57.8 Å². The predicted molar refractivity (Wildman–Crippen MR) is 83.9 cm³/mol. The van der Waals surface area contributed by atoms with Crippen molar-refractivity contribution in [3.63, 3.8) is 0 Å². The number of piperidine rings is 1. The largest absolute Gasteiger partial charge is 0.468 e. The number of fused-ring (bicyclic) bond motifs is 2. The van der Waals surface area contributed by atoms with Gasteiger partial charge in [0.25, 0.3) is 0 Å². The first-order valence-corrected chi connectivity index (χ1v) is 8.80. The van der Waals surface area contributed by atoms with Crippen molar-refractivity contribution in [2.45, 2.75) is 68.9 Å². The monoisotopic (exact) mass is 315 g/mol. The van der Waals surface area contributed by atoms with E-state index in [0.29, 0.717) is 0 Å². The van der Waals surface area contributed by atoms with E-state index in [1.807, 2.05) is 4.90 Å². The molecule has 0 unspecified atom stereocenters. The molecule has 0 bridgehead atoms. The molecule has 2 aliphatic carbocycles. The van der Waals surface area contributed by atoms with Gasteiger partial charge in [-0.1, -0.05) is 25.7 Å². The summed E-state index contributed by atoms with van der Waals surface area (Å²) < 4.78 is 4.89. The molecule has 0 N–H and O–H groups in total. The Hall–Kier alpha value is -1.59. The maximum Gasteiger partial charge on any atom is 0.319 e. The van der Waals surface area contributed by atoms with Crippen molar-refractivity contribution < 1.29 is 9.53 Å². The van der Waals surface area contributed by atoms with E-state index in [1.54, 1.807) is 0 Å². The van der Waals surface area contributed by atoms with Gasteiger partial charge in [0.2, 0.25) is 0 Å². The summed E-state index contributed by atoms with van der Waals surface area (Å²) in [5.41, 5.74) is -1.34. The van der Waals surface area contributed by atoms with Gasteiger partial charge in [-0.25, -0.2) is 0 Å². The lowest BCUT2D eigenvalue weighted by Crippen LogP contribution is -2.71. The maximum absolute atomic E-state index is 12.1. The number of rotatable bonds is 2. The molecular formula is C18H25N3O2. The van der Waals surface area contributed by atoms with Crippen LogP contribution in [0, 0.1) is 34.5 Å². The van der Waals surface area contributed by atoms with E-state index in [1.165, 1.54) is 7.11 Å². The molecule has 0 aromatic heterocycles. The van der Waals surface area contributed by atoms with E-state index < -0.39 is 11.1 Å². The van der Waals surface area contributed by atoms with Crippen LogP contribution in [0.3, 0.4) is 0 Å². The Morgan fingerprint density at radius 1 is 1.09 bits per heavy atom. The fourth-order valence-corrected chi connectivity index (χ4v) is 5.38. The van der Waals surface area contributed by atoms with Crippen LogP contribution < -0.4 is 0 Å². The maximum atomic E-state index is 12.1. The van der Waals surface area contributed by atoms with Gasteiger partial charge in [-0.2, -0.15) is 10.5 Å². The van der Waals surface area contributed by atoms with Gasteiger partial charge in [0.1, 0.15) is 11.1 Å². The Labute approximate surface area is 138 Å². The van der Waals surface area contributed by atoms with Gasteiger partial charge in [0.15, 0.2) is 0 Å². The fourth-order valence-electron chi connectivity index (χ4n) is 5.38. The molecule has 3 fully saturated rings. The van der Waals surface area contributed by atoms with Crippen LogP contribution in [0.25, 0.3) is 0 Å². The van der Waals surface area contributed by atoms with Crippen molar-refractivity contribution in [3.8, 4) is 12.1 Å². The van der Waals surface area contributed by atoms with Crippen LogP contribution in [0.15, 0.2) is 0 Å². The molecule has 4 atom stereocenters. The Kier molecular flexibility index (Phi) is 4.34. The molecule has 3 rings (SSSR count). The molecule has 1 heterocycles. The van der Waals surface area contributed by atoms with Gasteiger partial charge in [0, 0.05) is 0 Å². The number of nitriles is 2. The molecule has 23 heavy (non-hydrogen) atoms. The standard InChI is InChI=1S/C18H25N3O2/c1-23-16(22)11-21-17(12-19)8-4-2-6-14(17)10-15-7-3-5-9-18(15,21)13-20/h14-15H,2-11H2,1H3/t14-,15-,17-,18+/m1/s1. The lowest BCUT2D eigenvalue weighted by molar-refractivity contribution is -0.156. The number of esters is 1. The third-order valence-electron chi connectivity index (χ3n) is 6.51. The third kappa shape index (κ3) is 2.34. The van der Waals surface area contributed by atoms with Crippen LogP contribution in [0.5, 0.6) is 0 Å². The Morgan fingerprint density at radius 3 is 2.04 bits per heavy atom. The summed E-state index contributed by atoms with van der Waals surface area (Å²) in [5.74, 6) is 0.204. The number of carbonyl (C=O) groups is 1. The molecule has 0 amide bonds. The van der Waals surface area contributed by atoms with E-state index >= 15 is 0 Å². The molecule has 0 aromatic carbocycles. The Balaban J connectivity index is 2.08. The third-order valence-corrected chi connectivity index (χ3v) is 6.51. The lowest BCUT2D eigenvalue weighted by atomic mass is 9.57. The molecule has 0 aromatic rings. The average molecular weight is 315 g/mol. The van der Waals surface area contributed by atoms with Crippen molar-refractivity contribution in [1.82, 2.24) is 4.90 Å². The first-order chi connectivity index (χ1) is 11.1. The van der Waals surface area contributed by atoms with Crippen molar-refractivity contribution in [2.24, 2.45) is 11.8 Å². The number of hydrogen-bond donors (Lipinski definition) is 0. The van der Waals surface area contributed by atoms with Gasteiger partial charge in [0.05, 0.1) is 25.8 Å². The molecule has 0 spiro atoms. The summed E-state index contributed by atoms with van der Waals surface area (Å²) >= 11 is 0. The van der Waals surface area contributed by atoms with Crippen LogP contribution in [-0.2, 0) is 9.53 Å². The van der Waals surface area contributed by atoms with Crippen LogP contribution in [0.2, 0.25) is 0 Å². The lowest BCUT2D eigenvalue weighted by Gasteiger charge is -2.61. The zero-order valence-corrected chi connectivity index (χ0v) is 13.9. The number of ether oxygens (including phenoxy) is 1. The highest BCUT2D eigenvalue weighted by Crippen LogP contribution is 2.55. The fraction of sp³-hybridized carbons (Fsp3) is 0.833. The van der Waals surface area contributed by atoms with Crippen molar-refractivity contribution in [1.29, 1.82) is 10.5 Å². The van der Waals surface area contributed by atoms with Gasteiger partial charge < -0.3 is 4.74 Å². The first kappa shape index (κ1) is 16.3. The molecule has 3 aliphatic rings. The predicted octanol–water partition coefficient (Wildman–Crippen LogP) is 2.77. The quantitative estimate of drug-likeness (QED) is 0.732. The zero-order chi connectivity index (χ0) is 16.5. The van der Waals surface area contributed by atoms with Crippen LogP contribution in [0.4, 0.5) is 0 Å². The number of hydrogen-bond acceptors (Lipinski definition) is 5. The normalized spacial score (nSPS) is 40.1. The molecule has 0 radical (unpaired) electrons. The van der Waals surface area contributed by atoms with Crippen LogP contribution >= 0.6 is 0 Å². The summed E-state index contributed by atoms with van der Waals surface area (Å²) in [5, 5.41) is 20.2. The summed E-state index contributed by atoms with van der Waals surface area (Å²) in [6.07, 6.45) is 8.83. The van der Waals surface area contributed by atoms with Gasteiger partial charge in [-0.05, 0) is 43.9 Å². The highest BCUT2D eigenvalue weighted by Gasteiger charge is 2.62. The first-order valence-electron chi connectivity index (χ1n) is 8.80. The summed E-state index contributed by atoms with van der Waals surface area (Å²) in [7, 11) is 1.38. The minimum absolute atomic E-state index is 0.0601. The Bertz CT molecular complexity index is 524. The number of carbonyl (C=O) groups excluding carboxylic acids is 1. The minimum Gasteiger partial charge on any atom is -0.468 e. The molecule has 124 valence electrons. The SMILES string of the molecule is COC(=O)CN1[C@@]2(C#N)CCCC[C@@H]2C[C@H]2CCCC[C@]21C#N. The summed E-state index contributed by atoms with van der Waals surface area (Å²) in [6.45, 7) is 0.0601. The second-order valence-corrected chi connectivity index (χ2v) is 7.36. The molecule has 1 saturated heterocycles. The van der Waals surface area contributed by atoms with E-state index in [0.717, 1.165) is 57.8 Å². The average Bonchev–Trinajstić information content (AvgIpc) is 2.61. The van der Waals surface area contributed by atoms with E-state index in [9.17, 15) is 15.3 Å². The van der Waals surface area contributed by atoms with E-state index in [-0.39, 0.29) is 24.3 Å². The van der Waals surface area contributed by atoms with Crippen LogP contribution in [-0.4, -0.2) is 35.6 Å². The Morgan fingerprint density at radius 2 is 1.61 bits per heavy atom. The van der Waals surface area contributed by atoms with Crippen molar-refractivity contribution >= 4 is 5.97 Å². The summed E-state index contributed by atoms with van der Waals surface area (Å²) in [6, 6.07) is 5.12. The minimum atomic E-state index is -0.671. The highest BCUT2D eigenvalue weighted by molar-refractivity contribution is 5.72. The van der Waals surface area contributed by atoms with Gasteiger partial charge in [-0.3, -0.25) is 9.69 Å². The van der Waals surface area contributed by atoms with E-state index in [2.05, 4.69) is 12.1 Å². The van der Waals surface area contributed by atoms with Crippen molar-refractivity contribution in [2.75, 3.05) is 13.7 Å². The second-order valence-electron chi connectivity index (χ2n) is 7.36. The van der Waals surface area contributed by atoms with Crippen molar-refractivity contribution in [3.05, 3.63) is 0 Å². The van der Waals surface area contributed by atoms with E-state index in [4.69, 9.17) is 4.74 Å². The topological polar surface area (TPSA) is 77.1 Å².